The summed E-state index contributed by atoms with van der Waals surface area (Å²) < 4.78 is 13.1. The summed E-state index contributed by atoms with van der Waals surface area (Å²) in [6, 6.07) is 45.2. The van der Waals surface area contributed by atoms with Crippen LogP contribution in [-0.2, 0) is 0 Å². The zero-order valence-electron chi connectivity index (χ0n) is 30.9. The third kappa shape index (κ3) is 9.54. The van der Waals surface area contributed by atoms with Gasteiger partial charge in [0.2, 0.25) is 0 Å². The fourth-order valence-corrected chi connectivity index (χ4v) is 7.92. The smallest absolute Gasteiger partial charge is 0.291 e. The van der Waals surface area contributed by atoms with E-state index >= 15 is 0 Å². The first kappa shape index (κ1) is 40.9. The molecule has 0 aliphatic rings. The number of hydrogen-bond donors (Lipinski definition) is 2. The molecule has 0 fully saturated rings. The van der Waals surface area contributed by atoms with Gasteiger partial charge in [-0.2, -0.15) is 0 Å². The van der Waals surface area contributed by atoms with E-state index in [2.05, 4.69) is 25.3 Å². The Morgan fingerprint density at radius 2 is 1.05 bits per heavy atom. The monoisotopic (exact) mass is 846 g/mol. The molecule has 0 aliphatic heterocycles. The summed E-state index contributed by atoms with van der Waals surface area (Å²) in [6.07, 6.45) is 7.10. The number of thiazole rings is 2. The predicted octanol–water partition coefficient (Wildman–Crippen LogP) is 12.8. The number of halogens is 1. The quantitative estimate of drug-likeness (QED) is 0.118. The lowest BCUT2D eigenvalue weighted by Crippen LogP contribution is -2.11. The van der Waals surface area contributed by atoms with Gasteiger partial charge in [-0.25, -0.2) is 9.97 Å². The molecule has 10 rings (SSSR count). The largest absolute Gasteiger partial charge is 0.452 e. The van der Waals surface area contributed by atoms with Gasteiger partial charge in [-0.3, -0.25) is 19.6 Å². The molecule has 4 aromatic carbocycles. The summed E-state index contributed by atoms with van der Waals surface area (Å²) in [5, 5.41) is 4.15. The highest BCUT2D eigenvalue weighted by Crippen LogP contribution is 2.35. The number of rotatable bonds is 7. The lowest BCUT2D eigenvalue weighted by Gasteiger charge is -2.08. The average molecular weight is 847 g/mol. The van der Waals surface area contributed by atoms with Gasteiger partial charge in [0, 0.05) is 52.7 Å². The van der Waals surface area contributed by atoms with Crippen molar-refractivity contribution < 1.29 is 18.4 Å². The van der Waals surface area contributed by atoms with Gasteiger partial charge in [0.25, 0.3) is 11.1 Å². The molecule has 6 aromatic heterocycles. The number of nitrogen functional groups attached to an aromatic ring is 1. The minimum atomic E-state index is -0.577. The van der Waals surface area contributed by atoms with Crippen LogP contribution in [0.25, 0.3) is 64.2 Å². The number of anilines is 2. The van der Waals surface area contributed by atoms with E-state index in [1.165, 1.54) is 0 Å². The van der Waals surface area contributed by atoms with Gasteiger partial charge < -0.3 is 19.9 Å². The second-order valence-corrected chi connectivity index (χ2v) is 15.0. The minimum absolute atomic E-state index is 0. The standard InChI is InChI=1S/C23H15N3O2S.C12H9N3S.C11H7ClO2.CH4/c27-22(20-11-10-19(28-20)15-6-2-1-3-7-15)25-17-9-5-4-8-16(17)23-26-18-12-13-24-14-21(18)29-23;13-9-4-2-1-3-8(9)12-15-10-5-6-14-7-11(10)16-12;12-11(13)10-7-6-9(14-10)8-4-2-1-3-5-8;/h1-14H,(H,25,27);1-7H,13H2;1-7H;1H4. The number of nitrogens with two attached hydrogens (primary N) is 1. The lowest BCUT2D eigenvalue weighted by atomic mass is 10.2. The lowest BCUT2D eigenvalue weighted by molar-refractivity contribution is 0.0996. The molecule has 3 N–H and O–H groups in total. The number of pyridine rings is 2. The molecule has 0 radical (unpaired) electrons. The molecule has 296 valence electrons. The van der Waals surface area contributed by atoms with Crippen LogP contribution in [0.4, 0.5) is 11.4 Å². The number of hydrogen-bond acceptors (Lipinski definition) is 11. The molecule has 13 heteroatoms. The summed E-state index contributed by atoms with van der Waals surface area (Å²) in [5.74, 6) is 1.43. The second-order valence-electron chi connectivity index (χ2n) is 12.6. The van der Waals surface area contributed by atoms with Crippen molar-refractivity contribution in [3.05, 3.63) is 182 Å². The van der Waals surface area contributed by atoms with E-state index in [9.17, 15) is 9.59 Å². The molecule has 0 saturated carbocycles. The molecule has 0 unspecified atom stereocenters. The van der Waals surface area contributed by atoms with Gasteiger partial charge in [0.1, 0.15) is 21.5 Å². The van der Waals surface area contributed by atoms with Crippen LogP contribution >= 0.6 is 34.3 Å². The number of fused-ring (bicyclic) bond motifs is 2. The molecular formula is C47H35ClN6O4S2. The van der Waals surface area contributed by atoms with Crippen LogP contribution in [-0.4, -0.2) is 31.1 Å². The highest BCUT2D eigenvalue weighted by Gasteiger charge is 2.17. The third-order valence-electron chi connectivity index (χ3n) is 8.73. The molecule has 10 aromatic rings. The maximum absolute atomic E-state index is 12.8. The second kappa shape index (κ2) is 19.0. The summed E-state index contributed by atoms with van der Waals surface area (Å²) in [6.45, 7) is 0. The van der Waals surface area contributed by atoms with E-state index in [-0.39, 0.29) is 24.9 Å². The normalized spacial score (nSPS) is 10.5. The van der Waals surface area contributed by atoms with Crippen molar-refractivity contribution in [1.82, 2.24) is 19.9 Å². The van der Waals surface area contributed by atoms with Crippen molar-refractivity contribution in [3.63, 3.8) is 0 Å². The number of nitrogens with one attached hydrogen (secondary N) is 1. The maximum atomic E-state index is 12.8. The number of benzene rings is 4. The van der Waals surface area contributed by atoms with Gasteiger partial charge in [0.05, 0.1) is 26.1 Å². The fourth-order valence-electron chi connectivity index (χ4n) is 5.86. The molecule has 0 atom stereocenters. The maximum Gasteiger partial charge on any atom is 0.291 e. The van der Waals surface area contributed by atoms with Crippen LogP contribution in [0, 0.1) is 0 Å². The average Bonchev–Trinajstić information content (AvgIpc) is 4.12. The zero-order chi connectivity index (χ0) is 40.6. The minimum Gasteiger partial charge on any atom is -0.452 e. The first-order valence-electron chi connectivity index (χ1n) is 18.1. The Hall–Kier alpha value is -7.25. The van der Waals surface area contributed by atoms with E-state index in [4.69, 9.17) is 26.2 Å². The topological polar surface area (TPSA) is 150 Å². The van der Waals surface area contributed by atoms with Crippen molar-refractivity contribution in [2.45, 2.75) is 7.43 Å². The van der Waals surface area contributed by atoms with Crippen LogP contribution in [0.3, 0.4) is 0 Å². The Morgan fingerprint density at radius 1 is 0.567 bits per heavy atom. The summed E-state index contributed by atoms with van der Waals surface area (Å²) in [5.41, 5.74) is 12.9. The Kier molecular flexibility index (Phi) is 13.0. The number of amides is 1. The Balaban J connectivity index is 0.000000148. The Labute approximate surface area is 358 Å². The Morgan fingerprint density at radius 3 is 1.58 bits per heavy atom. The molecule has 1 amide bonds. The van der Waals surface area contributed by atoms with Gasteiger partial charge in [-0.15, -0.1) is 22.7 Å². The molecule has 0 aliphatic carbocycles. The molecule has 0 bridgehead atoms. The van der Waals surface area contributed by atoms with Crippen LogP contribution in [0.2, 0.25) is 0 Å². The number of para-hydroxylation sites is 2. The number of nitrogens with zero attached hydrogens (tertiary/aromatic N) is 4. The van der Waals surface area contributed by atoms with E-state index in [0.29, 0.717) is 17.2 Å². The van der Waals surface area contributed by atoms with E-state index in [1.54, 1.807) is 65.5 Å². The molecule has 60 heavy (non-hydrogen) atoms. The van der Waals surface area contributed by atoms with Gasteiger partial charge in [-0.05, 0) is 72.3 Å². The SMILES string of the molecule is C.Nc1ccccc1-c1nc2ccncc2s1.O=C(Cl)c1ccc(-c2ccccc2)o1.O=C(Nc1ccccc1-c1nc2ccncc2s1)c1ccc(-c2ccccc2)o1. The summed E-state index contributed by atoms with van der Waals surface area (Å²) in [4.78, 5) is 41.0. The summed E-state index contributed by atoms with van der Waals surface area (Å²) in [7, 11) is 0. The molecule has 0 spiro atoms. The van der Waals surface area contributed by atoms with Crippen LogP contribution < -0.4 is 11.1 Å². The predicted molar refractivity (Wildman–Crippen MR) is 243 cm³/mol. The van der Waals surface area contributed by atoms with Crippen LogP contribution in [0.1, 0.15) is 28.5 Å². The van der Waals surface area contributed by atoms with Crippen molar-refractivity contribution in [1.29, 1.82) is 0 Å². The first-order chi connectivity index (χ1) is 28.9. The summed E-state index contributed by atoms with van der Waals surface area (Å²) >= 11 is 8.42. The van der Waals surface area contributed by atoms with Crippen LogP contribution in [0.15, 0.2) is 179 Å². The third-order valence-corrected chi connectivity index (χ3v) is 11.0. The highest BCUT2D eigenvalue weighted by molar-refractivity contribution is 7.22. The van der Waals surface area contributed by atoms with Crippen molar-refractivity contribution in [3.8, 4) is 43.8 Å². The number of carbonyl (C=O) groups excluding carboxylic acids is 2. The van der Waals surface area contributed by atoms with E-state index in [1.807, 2.05) is 128 Å². The highest BCUT2D eigenvalue weighted by atomic mass is 35.5. The van der Waals surface area contributed by atoms with E-state index in [0.717, 1.165) is 58.4 Å². The zero-order valence-corrected chi connectivity index (χ0v) is 33.2. The number of furan rings is 2. The van der Waals surface area contributed by atoms with Gasteiger partial charge in [0.15, 0.2) is 11.5 Å². The van der Waals surface area contributed by atoms with Crippen molar-refractivity contribution in [2.24, 2.45) is 0 Å². The number of aromatic nitrogens is 4. The van der Waals surface area contributed by atoms with Gasteiger partial charge in [-0.1, -0.05) is 92.4 Å². The number of carbonyl (C=O) groups is 2. The van der Waals surface area contributed by atoms with Gasteiger partial charge >= 0.3 is 0 Å². The van der Waals surface area contributed by atoms with Crippen molar-refractivity contribution in [2.75, 3.05) is 11.1 Å². The first-order valence-corrected chi connectivity index (χ1v) is 20.1. The molecule has 6 heterocycles. The molecule has 10 nitrogen and oxygen atoms in total. The molecule has 0 saturated heterocycles. The fraction of sp³-hybridized carbons (Fsp3) is 0.0213. The van der Waals surface area contributed by atoms with Crippen molar-refractivity contribution >= 4 is 77.2 Å². The Bertz CT molecular complexity index is 2950. The van der Waals surface area contributed by atoms with E-state index < -0.39 is 5.24 Å². The van der Waals surface area contributed by atoms with Crippen LogP contribution in [0.5, 0.6) is 0 Å². The molecular weight excluding hydrogens is 812 g/mol.